The SMILES string of the molecule is N/C=C\N(N)c1ccc(F)c(C(N)=O)c1. The smallest absolute Gasteiger partial charge is 0.251 e. The van der Waals surface area contributed by atoms with E-state index in [9.17, 15) is 9.18 Å². The van der Waals surface area contributed by atoms with Crippen molar-refractivity contribution < 1.29 is 9.18 Å². The van der Waals surface area contributed by atoms with Crippen LogP contribution in [0.5, 0.6) is 0 Å². The molecule has 6 heteroatoms. The first-order chi connectivity index (χ1) is 7.06. The molecule has 0 aromatic heterocycles. The van der Waals surface area contributed by atoms with Crippen molar-refractivity contribution in [1.82, 2.24) is 0 Å². The van der Waals surface area contributed by atoms with Crippen molar-refractivity contribution in [3.8, 4) is 0 Å². The maximum atomic E-state index is 13.1. The second-order valence-electron chi connectivity index (χ2n) is 2.78. The minimum Gasteiger partial charge on any atom is -0.403 e. The average Bonchev–Trinajstić information content (AvgIpc) is 2.18. The van der Waals surface area contributed by atoms with Gasteiger partial charge in [0.05, 0.1) is 11.3 Å². The van der Waals surface area contributed by atoms with Gasteiger partial charge in [0.2, 0.25) is 0 Å². The maximum absolute atomic E-state index is 13.1. The molecule has 0 heterocycles. The van der Waals surface area contributed by atoms with E-state index in [0.717, 1.165) is 11.1 Å². The van der Waals surface area contributed by atoms with Crippen molar-refractivity contribution >= 4 is 11.6 Å². The van der Waals surface area contributed by atoms with Crippen LogP contribution >= 0.6 is 0 Å². The van der Waals surface area contributed by atoms with Gasteiger partial charge in [-0.15, -0.1) is 0 Å². The average molecular weight is 210 g/mol. The Morgan fingerprint density at radius 2 is 2.13 bits per heavy atom. The zero-order valence-corrected chi connectivity index (χ0v) is 7.85. The Hall–Kier alpha value is -2.08. The standard InChI is InChI=1S/C9H11FN4O/c10-8-2-1-6(14(13)4-3-11)5-7(8)9(12)15/h1-5H,11,13H2,(H2,12,15)/b4-3-. The van der Waals surface area contributed by atoms with Gasteiger partial charge in [0, 0.05) is 12.4 Å². The lowest BCUT2D eigenvalue weighted by Crippen LogP contribution is -2.25. The Bertz CT molecular complexity index is 405. The van der Waals surface area contributed by atoms with E-state index in [0.29, 0.717) is 5.69 Å². The largest absolute Gasteiger partial charge is 0.403 e. The minimum atomic E-state index is -0.848. The molecule has 5 nitrogen and oxygen atoms in total. The summed E-state index contributed by atoms with van der Waals surface area (Å²) >= 11 is 0. The number of carbonyl (C=O) groups is 1. The normalized spacial score (nSPS) is 10.5. The van der Waals surface area contributed by atoms with E-state index in [-0.39, 0.29) is 5.56 Å². The van der Waals surface area contributed by atoms with Crippen LogP contribution in [0.1, 0.15) is 10.4 Å². The number of amides is 1. The van der Waals surface area contributed by atoms with Crippen LogP contribution < -0.4 is 22.3 Å². The summed E-state index contributed by atoms with van der Waals surface area (Å²) in [5.41, 5.74) is 10.3. The van der Waals surface area contributed by atoms with Crippen molar-refractivity contribution in [1.29, 1.82) is 0 Å². The summed E-state index contributed by atoms with van der Waals surface area (Å²) in [6.07, 6.45) is 2.57. The van der Waals surface area contributed by atoms with Crippen molar-refractivity contribution in [2.45, 2.75) is 0 Å². The van der Waals surface area contributed by atoms with E-state index in [4.69, 9.17) is 17.3 Å². The molecule has 0 fully saturated rings. The Balaban J connectivity index is 3.12. The van der Waals surface area contributed by atoms with Gasteiger partial charge in [0.1, 0.15) is 5.82 Å². The molecule has 0 unspecified atom stereocenters. The Kier molecular flexibility index (Phi) is 3.25. The van der Waals surface area contributed by atoms with Gasteiger partial charge in [-0.1, -0.05) is 0 Å². The highest BCUT2D eigenvalue weighted by Gasteiger charge is 2.10. The van der Waals surface area contributed by atoms with Gasteiger partial charge in [-0.05, 0) is 18.2 Å². The van der Waals surface area contributed by atoms with E-state index in [1.165, 1.54) is 24.5 Å². The number of nitrogens with zero attached hydrogens (tertiary/aromatic N) is 1. The number of hydrogen-bond acceptors (Lipinski definition) is 4. The van der Waals surface area contributed by atoms with Crippen LogP contribution in [-0.4, -0.2) is 5.91 Å². The number of anilines is 1. The van der Waals surface area contributed by atoms with E-state index in [1.54, 1.807) is 0 Å². The molecule has 0 aliphatic carbocycles. The second kappa shape index (κ2) is 4.43. The van der Waals surface area contributed by atoms with E-state index >= 15 is 0 Å². The molecule has 0 aliphatic rings. The van der Waals surface area contributed by atoms with Crippen LogP contribution in [0.15, 0.2) is 30.6 Å². The third kappa shape index (κ3) is 2.44. The number of primary amides is 1. The highest BCUT2D eigenvalue weighted by molar-refractivity contribution is 5.94. The van der Waals surface area contributed by atoms with Crippen molar-refractivity contribution in [3.63, 3.8) is 0 Å². The van der Waals surface area contributed by atoms with Crippen molar-refractivity contribution in [2.24, 2.45) is 17.3 Å². The van der Waals surface area contributed by atoms with Crippen molar-refractivity contribution in [2.75, 3.05) is 5.01 Å². The molecule has 80 valence electrons. The molecular weight excluding hydrogens is 199 g/mol. The Morgan fingerprint density at radius 3 is 2.67 bits per heavy atom. The molecule has 1 rings (SSSR count). The maximum Gasteiger partial charge on any atom is 0.251 e. The molecule has 0 saturated carbocycles. The zero-order chi connectivity index (χ0) is 11.4. The fourth-order valence-electron chi connectivity index (χ4n) is 1.04. The van der Waals surface area contributed by atoms with Gasteiger partial charge in [0.15, 0.2) is 0 Å². The molecular formula is C9H11FN4O. The lowest BCUT2D eigenvalue weighted by Gasteiger charge is -2.13. The first-order valence-corrected chi connectivity index (χ1v) is 4.08. The van der Waals surface area contributed by atoms with Gasteiger partial charge < -0.3 is 11.5 Å². The molecule has 0 aliphatic heterocycles. The van der Waals surface area contributed by atoms with Gasteiger partial charge >= 0.3 is 0 Å². The van der Waals surface area contributed by atoms with E-state index in [1.807, 2.05) is 0 Å². The van der Waals surface area contributed by atoms with Crippen LogP contribution in [0.25, 0.3) is 0 Å². The van der Waals surface area contributed by atoms with Gasteiger partial charge in [0.25, 0.3) is 5.91 Å². The summed E-state index contributed by atoms with van der Waals surface area (Å²) in [6, 6.07) is 3.76. The van der Waals surface area contributed by atoms with E-state index < -0.39 is 11.7 Å². The fourth-order valence-corrected chi connectivity index (χ4v) is 1.04. The summed E-state index contributed by atoms with van der Waals surface area (Å²) in [6.45, 7) is 0. The first-order valence-electron chi connectivity index (χ1n) is 4.08. The summed E-state index contributed by atoms with van der Waals surface area (Å²) in [7, 11) is 0. The number of benzene rings is 1. The van der Waals surface area contributed by atoms with Crippen LogP contribution in [0.2, 0.25) is 0 Å². The highest BCUT2D eigenvalue weighted by Crippen LogP contribution is 2.16. The molecule has 0 radical (unpaired) electrons. The Labute approximate surface area is 85.9 Å². The number of halogens is 1. The van der Waals surface area contributed by atoms with Crippen LogP contribution in [0, 0.1) is 5.82 Å². The highest BCUT2D eigenvalue weighted by atomic mass is 19.1. The minimum absolute atomic E-state index is 0.214. The molecule has 1 aromatic rings. The van der Waals surface area contributed by atoms with Gasteiger partial charge in [-0.2, -0.15) is 0 Å². The molecule has 1 amide bonds. The zero-order valence-electron chi connectivity index (χ0n) is 7.85. The summed E-state index contributed by atoms with van der Waals surface area (Å²) in [5.74, 6) is 3.98. The summed E-state index contributed by atoms with van der Waals surface area (Å²) < 4.78 is 13.1. The Morgan fingerprint density at radius 1 is 1.47 bits per heavy atom. The fraction of sp³-hybridized carbons (Fsp3) is 0. The molecule has 0 bridgehead atoms. The summed E-state index contributed by atoms with van der Waals surface area (Å²) in [4.78, 5) is 10.8. The molecule has 1 aromatic carbocycles. The predicted molar refractivity (Wildman–Crippen MR) is 54.9 cm³/mol. The topological polar surface area (TPSA) is 98.4 Å². The van der Waals surface area contributed by atoms with Crippen LogP contribution in [0.4, 0.5) is 10.1 Å². The van der Waals surface area contributed by atoms with Gasteiger partial charge in [-0.25, -0.2) is 10.2 Å². The van der Waals surface area contributed by atoms with Gasteiger partial charge in [-0.3, -0.25) is 9.80 Å². The predicted octanol–water partition coefficient (Wildman–Crippen LogP) is 0.0346. The third-order valence-corrected chi connectivity index (χ3v) is 1.76. The van der Waals surface area contributed by atoms with Crippen LogP contribution in [0.3, 0.4) is 0 Å². The van der Waals surface area contributed by atoms with Crippen molar-refractivity contribution in [3.05, 3.63) is 42.0 Å². The lowest BCUT2D eigenvalue weighted by atomic mass is 10.2. The van der Waals surface area contributed by atoms with E-state index in [2.05, 4.69) is 0 Å². The second-order valence-corrected chi connectivity index (χ2v) is 2.78. The third-order valence-electron chi connectivity index (χ3n) is 1.76. The quantitative estimate of drug-likeness (QED) is 0.484. The number of hydrazine groups is 1. The monoisotopic (exact) mass is 210 g/mol. The molecule has 15 heavy (non-hydrogen) atoms. The summed E-state index contributed by atoms with van der Waals surface area (Å²) in [5, 5.41) is 1.14. The number of nitrogens with two attached hydrogens (primary N) is 3. The number of carbonyl (C=O) groups excluding carboxylic acids is 1. The number of hydrogen-bond donors (Lipinski definition) is 3. The first kappa shape index (κ1) is 11.0. The number of rotatable bonds is 3. The molecule has 0 spiro atoms. The molecule has 0 saturated heterocycles. The lowest BCUT2D eigenvalue weighted by molar-refractivity contribution is 0.0996. The van der Waals surface area contributed by atoms with Crippen LogP contribution in [-0.2, 0) is 0 Å². The molecule has 6 N–H and O–H groups in total. The molecule has 0 atom stereocenters.